The summed E-state index contributed by atoms with van der Waals surface area (Å²) in [5.74, 6) is 0.0833. The van der Waals surface area contributed by atoms with E-state index in [0.29, 0.717) is 26.8 Å². The third-order valence-corrected chi connectivity index (χ3v) is 4.10. The molecule has 1 saturated carbocycles. The summed E-state index contributed by atoms with van der Waals surface area (Å²) in [6, 6.07) is 5.13. The van der Waals surface area contributed by atoms with Crippen molar-refractivity contribution in [2.75, 3.05) is 11.1 Å². The molecule has 1 aromatic carbocycles. The Morgan fingerprint density at radius 2 is 2.25 bits per heavy atom. The second kappa shape index (κ2) is 5.10. The van der Waals surface area contributed by atoms with Crippen LogP contribution in [0.5, 0.6) is 0 Å². The molecule has 1 aromatic heterocycles. The van der Waals surface area contributed by atoms with E-state index in [-0.39, 0.29) is 11.6 Å². The maximum atomic E-state index is 12.2. The van der Waals surface area contributed by atoms with Crippen molar-refractivity contribution in [1.29, 1.82) is 0 Å². The predicted octanol–water partition coefficient (Wildman–Crippen LogP) is 3.54. The number of nitrogens with zero attached hydrogens (tertiary/aromatic N) is 1. The van der Waals surface area contributed by atoms with E-state index >= 15 is 0 Å². The Morgan fingerprint density at radius 1 is 1.50 bits per heavy atom. The highest BCUT2D eigenvalue weighted by Crippen LogP contribution is 2.42. The summed E-state index contributed by atoms with van der Waals surface area (Å²) in [4.78, 5) is 12.2. The molecule has 7 heteroatoms. The number of aromatic nitrogens is 2. The van der Waals surface area contributed by atoms with Crippen molar-refractivity contribution < 1.29 is 4.79 Å². The van der Waals surface area contributed by atoms with Crippen LogP contribution in [0, 0.1) is 0 Å². The second-order valence-corrected chi connectivity index (χ2v) is 6.04. The molecule has 0 aliphatic heterocycles. The average molecular weight is 356 g/mol. The number of benzene rings is 1. The number of nitrogen functional groups attached to an aromatic ring is 1. The van der Waals surface area contributed by atoms with E-state index in [9.17, 15) is 4.79 Å². The molecule has 1 amide bonds. The summed E-state index contributed by atoms with van der Waals surface area (Å²) < 4.78 is 0.704. The first-order valence-corrected chi connectivity index (χ1v) is 7.33. The third kappa shape index (κ3) is 2.53. The normalized spacial score (nSPS) is 14.3. The van der Waals surface area contributed by atoms with Crippen LogP contribution in [0.15, 0.2) is 22.7 Å². The molecule has 4 N–H and O–H groups in total. The van der Waals surface area contributed by atoms with Crippen LogP contribution in [0.4, 0.5) is 11.4 Å². The van der Waals surface area contributed by atoms with Crippen molar-refractivity contribution in [3.63, 3.8) is 0 Å². The van der Waals surface area contributed by atoms with Crippen molar-refractivity contribution in [3.8, 4) is 0 Å². The molecule has 2 aromatic rings. The molecule has 3 rings (SSSR count). The number of carbonyl (C=O) groups excluding carboxylic acids is 1. The number of hydrogen-bond acceptors (Lipinski definition) is 3. The monoisotopic (exact) mass is 354 g/mol. The molecule has 0 spiro atoms. The number of halogens is 2. The molecule has 0 atom stereocenters. The van der Waals surface area contributed by atoms with Gasteiger partial charge in [-0.25, -0.2) is 0 Å². The van der Waals surface area contributed by atoms with Crippen LogP contribution in [-0.4, -0.2) is 16.1 Å². The van der Waals surface area contributed by atoms with E-state index in [1.807, 2.05) is 0 Å². The highest BCUT2D eigenvalue weighted by atomic mass is 79.9. The van der Waals surface area contributed by atoms with Gasteiger partial charge in [0.05, 0.1) is 17.1 Å². The molecule has 0 radical (unpaired) electrons. The molecule has 5 nitrogen and oxygen atoms in total. The zero-order chi connectivity index (χ0) is 14.3. The number of nitrogens with one attached hydrogen (secondary N) is 2. The first-order valence-electron chi connectivity index (χ1n) is 6.16. The van der Waals surface area contributed by atoms with E-state index in [4.69, 9.17) is 17.3 Å². The predicted molar refractivity (Wildman–Crippen MR) is 82.1 cm³/mol. The molecule has 1 heterocycles. The Kier molecular flexibility index (Phi) is 3.43. The fraction of sp³-hybridized carbons (Fsp3) is 0.231. The molecule has 1 aliphatic carbocycles. The molecular weight excluding hydrogens is 344 g/mol. The van der Waals surface area contributed by atoms with Gasteiger partial charge in [-0.3, -0.25) is 9.89 Å². The minimum absolute atomic E-state index is 0.230. The Balaban J connectivity index is 1.82. The SMILES string of the molecule is Nc1c(C(=O)Nc2ccc(Cl)cc2Br)n[nH]c1C1CC1. The lowest BCUT2D eigenvalue weighted by atomic mass is 10.2. The summed E-state index contributed by atoms with van der Waals surface area (Å²) in [6.07, 6.45) is 2.19. The standard InChI is InChI=1S/C13H12BrClN4O/c14-8-5-7(15)3-4-9(8)17-13(20)12-10(16)11(18-19-12)6-1-2-6/h3-6H,1-2,16H2,(H,17,20)(H,18,19). The Hall–Kier alpha value is -1.53. The van der Waals surface area contributed by atoms with Gasteiger partial charge in [-0.2, -0.15) is 5.10 Å². The lowest BCUT2D eigenvalue weighted by Gasteiger charge is -2.06. The third-order valence-electron chi connectivity index (χ3n) is 3.21. The maximum Gasteiger partial charge on any atom is 0.278 e. The summed E-state index contributed by atoms with van der Waals surface area (Å²) >= 11 is 9.21. The molecule has 0 bridgehead atoms. The van der Waals surface area contributed by atoms with Crippen LogP contribution < -0.4 is 11.1 Å². The van der Waals surface area contributed by atoms with Crippen molar-refractivity contribution in [3.05, 3.63) is 39.1 Å². The highest BCUT2D eigenvalue weighted by Gasteiger charge is 2.30. The Morgan fingerprint density at radius 3 is 2.90 bits per heavy atom. The van der Waals surface area contributed by atoms with Crippen molar-refractivity contribution in [2.24, 2.45) is 0 Å². The molecule has 0 unspecified atom stereocenters. The first-order chi connectivity index (χ1) is 9.56. The van der Waals surface area contributed by atoms with E-state index in [0.717, 1.165) is 18.5 Å². The summed E-state index contributed by atoms with van der Waals surface area (Å²) in [5, 5.41) is 10.2. The van der Waals surface area contributed by atoms with Gasteiger partial charge in [0, 0.05) is 15.4 Å². The van der Waals surface area contributed by atoms with Crippen molar-refractivity contribution >= 4 is 44.8 Å². The zero-order valence-corrected chi connectivity index (χ0v) is 12.8. The van der Waals surface area contributed by atoms with Crippen molar-refractivity contribution in [2.45, 2.75) is 18.8 Å². The number of hydrogen-bond donors (Lipinski definition) is 3. The fourth-order valence-electron chi connectivity index (χ4n) is 1.99. The molecule has 104 valence electrons. The van der Waals surface area contributed by atoms with Crippen LogP contribution in [0.25, 0.3) is 0 Å². The first kappa shape index (κ1) is 13.5. The average Bonchev–Trinajstić information content (AvgIpc) is 3.16. The largest absolute Gasteiger partial charge is 0.395 e. The van der Waals surface area contributed by atoms with Gasteiger partial charge in [0.1, 0.15) is 0 Å². The fourth-order valence-corrected chi connectivity index (χ4v) is 2.77. The lowest BCUT2D eigenvalue weighted by Crippen LogP contribution is -2.14. The highest BCUT2D eigenvalue weighted by molar-refractivity contribution is 9.10. The number of amides is 1. The Labute approximate surface area is 129 Å². The van der Waals surface area contributed by atoms with Crippen molar-refractivity contribution in [1.82, 2.24) is 10.2 Å². The molecular formula is C13H12BrClN4O. The number of anilines is 2. The van der Waals surface area contributed by atoms with Crippen LogP contribution in [-0.2, 0) is 0 Å². The van der Waals surface area contributed by atoms with Gasteiger partial charge in [0.15, 0.2) is 5.69 Å². The number of aromatic amines is 1. The molecule has 1 aliphatic rings. The quantitative estimate of drug-likeness (QED) is 0.787. The van der Waals surface area contributed by atoms with Crippen LogP contribution >= 0.6 is 27.5 Å². The number of carbonyl (C=O) groups is 1. The van der Waals surface area contributed by atoms with Crippen LogP contribution in [0.1, 0.15) is 34.9 Å². The van der Waals surface area contributed by atoms with Gasteiger partial charge >= 0.3 is 0 Å². The minimum atomic E-state index is -0.339. The van der Waals surface area contributed by atoms with Crippen LogP contribution in [0.2, 0.25) is 5.02 Å². The van der Waals surface area contributed by atoms with E-state index in [1.165, 1.54) is 0 Å². The molecule has 1 fully saturated rings. The Bertz CT molecular complexity index is 681. The molecule has 0 saturated heterocycles. The number of nitrogens with two attached hydrogens (primary N) is 1. The van der Waals surface area contributed by atoms with E-state index in [1.54, 1.807) is 18.2 Å². The number of H-pyrrole nitrogens is 1. The smallest absolute Gasteiger partial charge is 0.278 e. The minimum Gasteiger partial charge on any atom is -0.395 e. The van der Waals surface area contributed by atoms with Gasteiger partial charge in [0.2, 0.25) is 0 Å². The molecule has 20 heavy (non-hydrogen) atoms. The zero-order valence-electron chi connectivity index (χ0n) is 10.4. The van der Waals surface area contributed by atoms with Gasteiger partial charge in [-0.05, 0) is 47.0 Å². The van der Waals surface area contributed by atoms with Gasteiger partial charge in [0.25, 0.3) is 5.91 Å². The van der Waals surface area contributed by atoms with Gasteiger partial charge in [-0.1, -0.05) is 11.6 Å². The maximum absolute atomic E-state index is 12.2. The summed E-state index contributed by atoms with van der Waals surface area (Å²) in [5.41, 5.74) is 8.13. The second-order valence-electron chi connectivity index (χ2n) is 4.75. The van der Waals surface area contributed by atoms with Gasteiger partial charge < -0.3 is 11.1 Å². The van der Waals surface area contributed by atoms with E-state index < -0.39 is 0 Å². The lowest BCUT2D eigenvalue weighted by molar-refractivity contribution is 0.102. The van der Waals surface area contributed by atoms with Crippen LogP contribution in [0.3, 0.4) is 0 Å². The summed E-state index contributed by atoms with van der Waals surface area (Å²) in [7, 11) is 0. The van der Waals surface area contributed by atoms with Gasteiger partial charge in [-0.15, -0.1) is 0 Å². The summed E-state index contributed by atoms with van der Waals surface area (Å²) in [6.45, 7) is 0. The van der Waals surface area contributed by atoms with E-state index in [2.05, 4.69) is 31.4 Å². The topological polar surface area (TPSA) is 83.8 Å². The number of rotatable bonds is 3.